The summed E-state index contributed by atoms with van der Waals surface area (Å²) in [6.45, 7) is 8.96. The second-order valence-corrected chi connectivity index (χ2v) is 4.29. The van der Waals surface area contributed by atoms with Crippen LogP contribution in [0.25, 0.3) is 0 Å². The molecule has 1 amide bonds. The maximum Gasteiger partial charge on any atom is 0.224 e. The fourth-order valence-corrected chi connectivity index (χ4v) is 1.18. The standard InChI is InChI=1S/C11H22N2O2/c1-5-6-13(7-8-15-4)10(14)9-11(2,3)12/h5H,1,6-9,12H2,2-4H3. The number of nitrogens with zero attached hydrogens (tertiary/aromatic N) is 1. The van der Waals surface area contributed by atoms with Crippen molar-refractivity contribution in [2.75, 3.05) is 26.8 Å². The SMILES string of the molecule is C=CCN(CCOC)C(=O)CC(C)(C)N. The summed E-state index contributed by atoms with van der Waals surface area (Å²) in [7, 11) is 1.61. The Morgan fingerprint density at radius 3 is 2.60 bits per heavy atom. The van der Waals surface area contributed by atoms with Gasteiger partial charge in [0.05, 0.1) is 6.61 Å². The molecule has 4 nitrogen and oxygen atoms in total. The minimum atomic E-state index is -0.469. The number of nitrogens with two attached hydrogens (primary N) is 1. The van der Waals surface area contributed by atoms with Gasteiger partial charge in [-0.15, -0.1) is 6.58 Å². The summed E-state index contributed by atoms with van der Waals surface area (Å²) in [5.74, 6) is 0.0412. The van der Waals surface area contributed by atoms with E-state index in [0.717, 1.165) is 0 Å². The van der Waals surface area contributed by atoms with Crippen LogP contribution in [-0.2, 0) is 9.53 Å². The largest absolute Gasteiger partial charge is 0.383 e. The summed E-state index contributed by atoms with van der Waals surface area (Å²) < 4.78 is 4.94. The molecule has 0 fully saturated rings. The zero-order chi connectivity index (χ0) is 11.9. The van der Waals surface area contributed by atoms with E-state index >= 15 is 0 Å². The van der Waals surface area contributed by atoms with Crippen LogP contribution < -0.4 is 5.73 Å². The average Bonchev–Trinajstić information content (AvgIpc) is 2.09. The summed E-state index contributed by atoms with van der Waals surface area (Å²) in [5.41, 5.74) is 5.33. The van der Waals surface area contributed by atoms with E-state index in [1.807, 2.05) is 13.8 Å². The molecule has 0 saturated heterocycles. The molecule has 0 saturated carbocycles. The first-order valence-electron chi connectivity index (χ1n) is 5.07. The molecule has 15 heavy (non-hydrogen) atoms. The van der Waals surface area contributed by atoms with E-state index in [2.05, 4.69) is 6.58 Å². The van der Waals surface area contributed by atoms with Crippen LogP contribution in [0.4, 0.5) is 0 Å². The highest BCUT2D eigenvalue weighted by Gasteiger charge is 2.20. The monoisotopic (exact) mass is 214 g/mol. The quantitative estimate of drug-likeness (QED) is 0.637. The third kappa shape index (κ3) is 7.11. The lowest BCUT2D eigenvalue weighted by molar-refractivity contribution is -0.132. The minimum Gasteiger partial charge on any atom is -0.383 e. The number of methoxy groups -OCH3 is 1. The lowest BCUT2D eigenvalue weighted by atomic mass is 10.0. The van der Waals surface area contributed by atoms with Crippen molar-refractivity contribution in [2.45, 2.75) is 25.8 Å². The van der Waals surface area contributed by atoms with Gasteiger partial charge in [0, 0.05) is 32.2 Å². The Balaban J connectivity index is 4.21. The molecule has 0 aliphatic carbocycles. The highest BCUT2D eigenvalue weighted by Crippen LogP contribution is 2.07. The topological polar surface area (TPSA) is 55.6 Å². The van der Waals surface area contributed by atoms with Crippen molar-refractivity contribution in [1.29, 1.82) is 0 Å². The summed E-state index contributed by atoms with van der Waals surface area (Å²) in [4.78, 5) is 13.5. The van der Waals surface area contributed by atoms with Crippen LogP contribution in [0.15, 0.2) is 12.7 Å². The van der Waals surface area contributed by atoms with Crippen molar-refractivity contribution < 1.29 is 9.53 Å². The third-order valence-corrected chi connectivity index (χ3v) is 1.87. The van der Waals surface area contributed by atoms with E-state index in [1.54, 1.807) is 18.1 Å². The average molecular weight is 214 g/mol. The Kier molecular flexibility index (Phi) is 6.20. The van der Waals surface area contributed by atoms with Crippen LogP contribution in [0.1, 0.15) is 20.3 Å². The highest BCUT2D eigenvalue weighted by atomic mass is 16.5. The van der Waals surface area contributed by atoms with Crippen LogP contribution in [-0.4, -0.2) is 43.2 Å². The van der Waals surface area contributed by atoms with Crippen molar-refractivity contribution in [3.05, 3.63) is 12.7 Å². The van der Waals surface area contributed by atoms with E-state index in [0.29, 0.717) is 26.1 Å². The smallest absolute Gasteiger partial charge is 0.224 e. The number of hydrogen-bond donors (Lipinski definition) is 1. The predicted molar refractivity (Wildman–Crippen MR) is 61.5 cm³/mol. The second kappa shape index (κ2) is 6.58. The van der Waals surface area contributed by atoms with Crippen molar-refractivity contribution >= 4 is 5.91 Å². The second-order valence-electron chi connectivity index (χ2n) is 4.29. The van der Waals surface area contributed by atoms with E-state index in [1.165, 1.54) is 0 Å². The molecular weight excluding hydrogens is 192 g/mol. The molecule has 0 spiro atoms. The van der Waals surface area contributed by atoms with Gasteiger partial charge in [0.1, 0.15) is 0 Å². The molecule has 0 aliphatic heterocycles. The van der Waals surface area contributed by atoms with Crippen molar-refractivity contribution in [3.8, 4) is 0 Å². The first kappa shape index (κ1) is 14.1. The molecule has 88 valence electrons. The number of rotatable bonds is 7. The Hall–Kier alpha value is -0.870. The molecule has 0 unspecified atom stereocenters. The Morgan fingerprint density at radius 1 is 1.60 bits per heavy atom. The summed E-state index contributed by atoms with van der Waals surface area (Å²) in [6.07, 6.45) is 2.04. The number of ether oxygens (including phenoxy) is 1. The van der Waals surface area contributed by atoms with Gasteiger partial charge in [0.15, 0.2) is 0 Å². The van der Waals surface area contributed by atoms with E-state index in [-0.39, 0.29) is 5.91 Å². The molecular formula is C11H22N2O2. The fourth-order valence-electron chi connectivity index (χ4n) is 1.18. The van der Waals surface area contributed by atoms with E-state index in [4.69, 9.17) is 10.5 Å². The normalized spacial score (nSPS) is 11.2. The number of carbonyl (C=O) groups excluding carboxylic acids is 1. The van der Waals surface area contributed by atoms with Crippen LogP contribution in [0.2, 0.25) is 0 Å². The molecule has 2 N–H and O–H groups in total. The van der Waals surface area contributed by atoms with Gasteiger partial charge in [-0.1, -0.05) is 6.08 Å². The Bertz CT molecular complexity index is 209. The van der Waals surface area contributed by atoms with Gasteiger partial charge < -0.3 is 15.4 Å². The van der Waals surface area contributed by atoms with E-state index < -0.39 is 5.54 Å². The maximum atomic E-state index is 11.8. The summed E-state index contributed by atoms with van der Waals surface area (Å²) in [5, 5.41) is 0. The van der Waals surface area contributed by atoms with E-state index in [9.17, 15) is 4.79 Å². The minimum absolute atomic E-state index is 0.0412. The van der Waals surface area contributed by atoms with Crippen LogP contribution >= 0.6 is 0 Å². The molecule has 4 heteroatoms. The molecule has 0 radical (unpaired) electrons. The fraction of sp³-hybridized carbons (Fsp3) is 0.727. The maximum absolute atomic E-state index is 11.8. The van der Waals surface area contributed by atoms with Crippen molar-refractivity contribution in [3.63, 3.8) is 0 Å². The molecule has 0 heterocycles. The zero-order valence-electron chi connectivity index (χ0n) is 9.95. The first-order valence-corrected chi connectivity index (χ1v) is 5.07. The van der Waals surface area contributed by atoms with Gasteiger partial charge >= 0.3 is 0 Å². The highest BCUT2D eigenvalue weighted by molar-refractivity contribution is 5.77. The van der Waals surface area contributed by atoms with Crippen LogP contribution in [0.5, 0.6) is 0 Å². The molecule has 0 aliphatic rings. The Morgan fingerprint density at radius 2 is 2.20 bits per heavy atom. The molecule has 0 aromatic heterocycles. The van der Waals surface area contributed by atoms with Crippen LogP contribution in [0, 0.1) is 0 Å². The van der Waals surface area contributed by atoms with Gasteiger partial charge in [0.2, 0.25) is 5.91 Å². The molecule has 0 bridgehead atoms. The van der Waals surface area contributed by atoms with Crippen molar-refractivity contribution in [2.24, 2.45) is 5.73 Å². The lowest BCUT2D eigenvalue weighted by Gasteiger charge is -2.25. The number of hydrogen-bond acceptors (Lipinski definition) is 3. The predicted octanol–water partition coefficient (Wildman–Crippen LogP) is 0.775. The van der Waals surface area contributed by atoms with Gasteiger partial charge in [-0.05, 0) is 13.8 Å². The van der Waals surface area contributed by atoms with Crippen molar-refractivity contribution in [1.82, 2.24) is 4.90 Å². The van der Waals surface area contributed by atoms with Gasteiger partial charge in [-0.3, -0.25) is 4.79 Å². The van der Waals surface area contributed by atoms with Gasteiger partial charge in [-0.25, -0.2) is 0 Å². The molecule has 0 atom stereocenters. The number of amides is 1. The Labute approximate surface area is 92.1 Å². The molecule has 0 aromatic rings. The molecule has 0 rings (SSSR count). The van der Waals surface area contributed by atoms with Gasteiger partial charge in [-0.2, -0.15) is 0 Å². The summed E-state index contributed by atoms with van der Waals surface area (Å²) >= 11 is 0. The summed E-state index contributed by atoms with van der Waals surface area (Å²) in [6, 6.07) is 0. The zero-order valence-corrected chi connectivity index (χ0v) is 9.95. The third-order valence-electron chi connectivity index (χ3n) is 1.87. The lowest BCUT2D eigenvalue weighted by Crippen LogP contribution is -2.42. The number of carbonyl (C=O) groups is 1. The first-order chi connectivity index (χ1) is 6.90. The van der Waals surface area contributed by atoms with Gasteiger partial charge in [0.25, 0.3) is 0 Å². The van der Waals surface area contributed by atoms with Crippen LogP contribution in [0.3, 0.4) is 0 Å². The molecule has 0 aromatic carbocycles.